The van der Waals surface area contributed by atoms with E-state index in [1.807, 2.05) is 6.92 Å². The minimum Gasteiger partial charge on any atom is -0.394 e. The molecular formula is C17H24N4O5S. The smallest absolute Gasteiger partial charge is 0.265 e. The van der Waals surface area contributed by atoms with Crippen molar-refractivity contribution in [1.29, 1.82) is 0 Å². The van der Waals surface area contributed by atoms with Gasteiger partial charge in [-0.25, -0.2) is 8.42 Å². The number of hydrogen-bond acceptors (Lipinski definition) is 6. The van der Waals surface area contributed by atoms with Gasteiger partial charge in [0.2, 0.25) is 0 Å². The Kier molecular flexibility index (Phi) is 6.94. The molecule has 148 valence electrons. The number of carbonyl (C=O) groups is 1. The molecule has 0 aliphatic carbocycles. The third-order valence-electron chi connectivity index (χ3n) is 3.90. The number of aliphatic hydroxyl groups excluding tert-OH is 1. The number of amides is 1. The molecule has 0 radical (unpaired) electrons. The van der Waals surface area contributed by atoms with Crippen molar-refractivity contribution >= 4 is 21.7 Å². The van der Waals surface area contributed by atoms with Crippen molar-refractivity contribution in [2.75, 3.05) is 37.7 Å². The molecule has 2 rings (SSSR count). The van der Waals surface area contributed by atoms with Gasteiger partial charge in [-0.1, -0.05) is 17.7 Å². The zero-order chi connectivity index (χ0) is 20.0. The van der Waals surface area contributed by atoms with E-state index in [9.17, 15) is 13.2 Å². The maximum atomic E-state index is 12.9. The fraction of sp³-hybridized carbons (Fsp3) is 0.412. The van der Waals surface area contributed by atoms with Crippen molar-refractivity contribution in [3.05, 3.63) is 41.6 Å². The molecular weight excluding hydrogens is 372 g/mol. The summed E-state index contributed by atoms with van der Waals surface area (Å²) in [6, 6.07) is 6.47. The maximum Gasteiger partial charge on any atom is 0.265 e. The SMILES string of the molecule is Cc1ccc(S(=O)(=O)N(C)c2c(C(=O)NCCOCCO)cnn2C)cc1. The number of sulfonamides is 1. The van der Waals surface area contributed by atoms with Gasteiger partial charge in [-0.15, -0.1) is 0 Å². The summed E-state index contributed by atoms with van der Waals surface area (Å²) in [5.74, 6) is -0.305. The molecule has 0 aliphatic rings. The second-order valence-corrected chi connectivity index (χ2v) is 7.85. The van der Waals surface area contributed by atoms with E-state index in [0.29, 0.717) is 0 Å². The first-order chi connectivity index (χ1) is 12.8. The van der Waals surface area contributed by atoms with Gasteiger partial charge in [0, 0.05) is 20.6 Å². The minimum absolute atomic E-state index is 0.0949. The van der Waals surface area contributed by atoms with Gasteiger partial charge in [-0.05, 0) is 19.1 Å². The molecule has 2 aromatic rings. The largest absolute Gasteiger partial charge is 0.394 e. The summed E-state index contributed by atoms with van der Waals surface area (Å²) >= 11 is 0. The maximum absolute atomic E-state index is 12.9. The van der Waals surface area contributed by atoms with E-state index in [1.54, 1.807) is 19.2 Å². The Morgan fingerprint density at radius 1 is 1.30 bits per heavy atom. The van der Waals surface area contributed by atoms with Crippen LogP contribution in [0.4, 0.5) is 5.82 Å². The molecule has 0 spiro atoms. The van der Waals surface area contributed by atoms with Crippen LogP contribution < -0.4 is 9.62 Å². The molecule has 2 N–H and O–H groups in total. The topological polar surface area (TPSA) is 114 Å². The van der Waals surface area contributed by atoms with E-state index in [4.69, 9.17) is 9.84 Å². The fourth-order valence-corrected chi connectivity index (χ4v) is 3.69. The number of anilines is 1. The van der Waals surface area contributed by atoms with Gasteiger partial charge < -0.3 is 15.2 Å². The summed E-state index contributed by atoms with van der Waals surface area (Å²) < 4.78 is 33.3. The highest BCUT2D eigenvalue weighted by Crippen LogP contribution is 2.25. The molecule has 9 nitrogen and oxygen atoms in total. The third kappa shape index (κ3) is 4.85. The number of nitrogens with zero attached hydrogens (tertiary/aromatic N) is 3. The Morgan fingerprint density at radius 3 is 2.59 bits per heavy atom. The summed E-state index contributed by atoms with van der Waals surface area (Å²) in [7, 11) is -0.900. The molecule has 10 heteroatoms. The Labute approximate surface area is 158 Å². The number of hydrogen-bond donors (Lipinski definition) is 2. The van der Waals surface area contributed by atoms with E-state index in [0.717, 1.165) is 9.87 Å². The lowest BCUT2D eigenvalue weighted by Crippen LogP contribution is -2.32. The van der Waals surface area contributed by atoms with Crippen LogP contribution in [0.5, 0.6) is 0 Å². The van der Waals surface area contributed by atoms with E-state index < -0.39 is 15.9 Å². The quantitative estimate of drug-likeness (QED) is 0.589. The van der Waals surface area contributed by atoms with Crippen molar-refractivity contribution in [3.63, 3.8) is 0 Å². The zero-order valence-electron chi connectivity index (χ0n) is 15.5. The first-order valence-corrected chi connectivity index (χ1v) is 9.77. The molecule has 1 aromatic heterocycles. The molecule has 27 heavy (non-hydrogen) atoms. The number of benzene rings is 1. The van der Waals surface area contributed by atoms with Crippen LogP contribution in [-0.2, 0) is 21.8 Å². The van der Waals surface area contributed by atoms with E-state index >= 15 is 0 Å². The van der Waals surface area contributed by atoms with Gasteiger partial charge in [0.15, 0.2) is 5.82 Å². The number of nitrogens with one attached hydrogen (secondary N) is 1. The highest BCUT2D eigenvalue weighted by Gasteiger charge is 2.28. The van der Waals surface area contributed by atoms with Crippen LogP contribution >= 0.6 is 0 Å². The molecule has 0 unspecified atom stereocenters. The third-order valence-corrected chi connectivity index (χ3v) is 5.66. The number of aliphatic hydroxyl groups is 1. The van der Waals surface area contributed by atoms with Crippen molar-refractivity contribution in [1.82, 2.24) is 15.1 Å². The van der Waals surface area contributed by atoms with Crippen LogP contribution in [0.1, 0.15) is 15.9 Å². The molecule has 0 bridgehead atoms. The molecule has 1 heterocycles. The van der Waals surface area contributed by atoms with Gasteiger partial charge in [-0.3, -0.25) is 13.8 Å². The molecule has 0 atom stereocenters. The zero-order valence-corrected chi connectivity index (χ0v) is 16.4. The number of rotatable bonds is 9. The van der Waals surface area contributed by atoms with Gasteiger partial charge in [-0.2, -0.15) is 5.10 Å². The first kappa shape index (κ1) is 20.9. The van der Waals surface area contributed by atoms with Crippen LogP contribution in [0.25, 0.3) is 0 Å². The van der Waals surface area contributed by atoms with Gasteiger partial charge in [0.25, 0.3) is 15.9 Å². The van der Waals surface area contributed by atoms with Crippen LogP contribution in [0.2, 0.25) is 0 Å². The molecule has 1 aromatic carbocycles. The average Bonchev–Trinajstić information content (AvgIpc) is 3.02. The summed E-state index contributed by atoms with van der Waals surface area (Å²) in [6.07, 6.45) is 1.32. The van der Waals surface area contributed by atoms with Gasteiger partial charge in [0.1, 0.15) is 5.56 Å². The van der Waals surface area contributed by atoms with Crippen LogP contribution in [-0.4, -0.2) is 62.6 Å². The number of aromatic nitrogens is 2. The molecule has 0 saturated heterocycles. The Balaban J connectivity index is 2.21. The lowest BCUT2D eigenvalue weighted by molar-refractivity contribution is 0.0838. The summed E-state index contributed by atoms with van der Waals surface area (Å²) in [5.41, 5.74) is 1.08. The van der Waals surface area contributed by atoms with Gasteiger partial charge >= 0.3 is 0 Å². The van der Waals surface area contributed by atoms with E-state index in [-0.39, 0.29) is 42.6 Å². The standard InChI is InChI=1S/C17H24N4O5S/c1-13-4-6-14(7-5-13)27(24,25)21(3)17-15(12-19-20(17)2)16(23)18-8-10-26-11-9-22/h4-7,12,22H,8-11H2,1-3H3,(H,18,23). The summed E-state index contributed by atoms with van der Waals surface area (Å²) in [6.45, 7) is 2.42. The molecule has 0 saturated carbocycles. The van der Waals surface area contributed by atoms with Crippen molar-refractivity contribution in [2.24, 2.45) is 7.05 Å². The number of ether oxygens (including phenoxy) is 1. The predicted molar refractivity (Wildman–Crippen MR) is 100 cm³/mol. The number of aryl methyl sites for hydroxylation is 2. The van der Waals surface area contributed by atoms with E-state index in [1.165, 1.54) is 30.1 Å². The molecule has 0 fully saturated rings. The highest BCUT2D eigenvalue weighted by molar-refractivity contribution is 7.92. The van der Waals surface area contributed by atoms with Crippen LogP contribution in [0.3, 0.4) is 0 Å². The van der Waals surface area contributed by atoms with Crippen molar-refractivity contribution in [2.45, 2.75) is 11.8 Å². The highest BCUT2D eigenvalue weighted by atomic mass is 32.2. The number of carbonyl (C=O) groups excluding carboxylic acids is 1. The lowest BCUT2D eigenvalue weighted by Gasteiger charge is -2.21. The Morgan fingerprint density at radius 2 is 1.96 bits per heavy atom. The van der Waals surface area contributed by atoms with Crippen molar-refractivity contribution in [3.8, 4) is 0 Å². The molecule has 1 amide bonds. The van der Waals surface area contributed by atoms with Gasteiger partial charge in [0.05, 0.1) is 30.9 Å². The lowest BCUT2D eigenvalue weighted by atomic mass is 10.2. The monoisotopic (exact) mass is 396 g/mol. The van der Waals surface area contributed by atoms with Crippen LogP contribution in [0, 0.1) is 6.92 Å². The Hall–Kier alpha value is -2.43. The second kappa shape index (κ2) is 8.98. The summed E-state index contributed by atoms with van der Waals surface area (Å²) in [4.78, 5) is 12.6. The predicted octanol–water partition coefficient (Wildman–Crippen LogP) is 0.292. The molecule has 0 aliphatic heterocycles. The normalized spacial score (nSPS) is 11.4. The second-order valence-electron chi connectivity index (χ2n) is 5.88. The van der Waals surface area contributed by atoms with Crippen molar-refractivity contribution < 1.29 is 23.1 Å². The Bertz CT molecular complexity index is 877. The summed E-state index contributed by atoms with van der Waals surface area (Å²) in [5, 5.41) is 15.3. The first-order valence-electron chi connectivity index (χ1n) is 8.33. The average molecular weight is 396 g/mol. The van der Waals surface area contributed by atoms with Crippen LogP contribution in [0.15, 0.2) is 35.4 Å². The fourth-order valence-electron chi connectivity index (χ4n) is 2.45. The minimum atomic E-state index is -3.85. The van der Waals surface area contributed by atoms with E-state index in [2.05, 4.69) is 10.4 Å².